The number of benzene rings is 1. The van der Waals surface area contributed by atoms with E-state index in [1.165, 1.54) is 6.33 Å². The molecular weight excluding hydrogens is 442 g/mol. The van der Waals surface area contributed by atoms with Crippen LogP contribution in [-0.4, -0.2) is 46.9 Å². The predicted molar refractivity (Wildman–Crippen MR) is 126 cm³/mol. The first-order valence-electron chi connectivity index (χ1n) is 10.8. The molecule has 1 aliphatic rings. The molecule has 33 heavy (non-hydrogen) atoms. The molecule has 1 saturated carbocycles. The molecule has 0 spiro atoms. The van der Waals surface area contributed by atoms with Crippen LogP contribution < -0.4 is 11.1 Å². The van der Waals surface area contributed by atoms with Gasteiger partial charge in [-0.25, -0.2) is 19.9 Å². The van der Waals surface area contributed by atoms with Gasteiger partial charge in [-0.1, -0.05) is 11.6 Å². The van der Waals surface area contributed by atoms with Gasteiger partial charge in [0.1, 0.15) is 23.9 Å². The lowest BCUT2D eigenvalue weighted by Crippen LogP contribution is -2.29. The van der Waals surface area contributed by atoms with Gasteiger partial charge in [-0.15, -0.1) is 0 Å². The highest BCUT2D eigenvalue weighted by atomic mass is 35.5. The molecule has 0 unspecified atom stereocenters. The highest BCUT2D eigenvalue weighted by molar-refractivity contribution is 6.30. The lowest BCUT2D eigenvalue weighted by atomic mass is 9.97. The predicted octanol–water partition coefficient (Wildman–Crippen LogP) is 3.12. The lowest BCUT2D eigenvalue weighted by molar-refractivity contribution is 0.00545. The van der Waals surface area contributed by atoms with Crippen molar-refractivity contribution in [2.45, 2.75) is 37.5 Å². The van der Waals surface area contributed by atoms with Crippen molar-refractivity contribution in [3.8, 4) is 0 Å². The van der Waals surface area contributed by atoms with Gasteiger partial charge in [0, 0.05) is 29.3 Å². The van der Waals surface area contributed by atoms with Crippen LogP contribution in [0.15, 0.2) is 55.2 Å². The summed E-state index contributed by atoms with van der Waals surface area (Å²) in [5.41, 5.74) is 8.41. The highest BCUT2D eigenvalue weighted by Gasteiger charge is 2.42. The maximum Gasteiger partial charge on any atom is 0.227 e. The summed E-state index contributed by atoms with van der Waals surface area (Å²) < 4.78 is 1.89. The van der Waals surface area contributed by atoms with Gasteiger partial charge in [0.2, 0.25) is 5.95 Å². The Labute approximate surface area is 195 Å². The SMILES string of the molecule is Nc1ncnc2c1ccn2[C@@H]1C[C@H](CCc2cnc(Nc3ccc(Cl)cc3)nc2)[C@@H](O)[C@H]1O. The number of halogens is 1. The molecule has 4 aromatic rings. The average molecular weight is 466 g/mol. The van der Waals surface area contributed by atoms with Gasteiger partial charge >= 0.3 is 0 Å². The number of nitrogen functional groups attached to an aromatic ring is 1. The topological polar surface area (TPSA) is 135 Å². The fourth-order valence-corrected chi connectivity index (χ4v) is 4.61. The maximum atomic E-state index is 10.7. The van der Waals surface area contributed by atoms with Crippen molar-refractivity contribution in [1.29, 1.82) is 0 Å². The fourth-order valence-electron chi connectivity index (χ4n) is 4.48. The van der Waals surface area contributed by atoms with E-state index >= 15 is 0 Å². The van der Waals surface area contributed by atoms with Crippen LogP contribution in [0.1, 0.15) is 24.4 Å². The summed E-state index contributed by atoms with van der Waals surface area (Å²) in [5.74, 6) is 0.837. The Morgan fingerprint density at radius 3 is 2.55 bits per heavy atom. The largest absolute Gasteiger partial charge is 0.390 e. The minimum atomic E-state index is -0.885. The van der Waals surface area contributed by atoms with Gasteiger partial charge in [0.15, 0.2) is 0 Å². The Hall–Kier alpha value is -3.27. The van der Waals surface area contributed by atoms with E-state index < -0.39 is 12.2 Å². The molecule has 4 atom stereocenters. The van der Waals surface area contributed by atoms with E-state index in [1.807, 2.05) is 29.0 Å². The molecule has 1 fully saturated rings. The number of hydrogen-bond donors (Lipinski definition) is 4. The first kappa shape index (κ1) is 21.6. The number of aliphatic hydroxyl groups excluding tert-OH is 2. The van der Waals surface area contributed by atoms with Gasteiger partial charge in [-0.05, 0) is 61.1 Å². The smallest absolute Gasteiger partial charge is 0.227 e. The van der Waals surface area contributed by atoms with E-state index in [4.69, 9.17) is 17.3 Å². The summed E-state index contributed by atoms with van der Waals surface area (Å²) in [7, 11) is 0. The van der Waals surface area contributed by atoms with Gasteiger partial charge in [0.05, 0.1) is 17.5 Å². The molecule has 5 N–H and O–H groups in total. The van der Waals surface area contributed by atoms with E-state index in [2.05, 4.69) is 25.3 Å². The normalized spacial score (nSPS) is 22.6. The van der Waals surface area contributed by atoms with Crippen molar-refractivity contribution in [1.82, 2.24) is 24.5 Å². The maximum absolute atomic E-state index is 10.7. The van der Waals surface area contributed by atoms with Crippen LogP contribution in [0, 0.1) is 5.92 Å². The average Bonchev–Trinajstić information content (AvgIpc) is 3.37. The first-order chi connectivity index (χ1) is 16.0. The number of nitrogens with one attached hydrogen (secondary N) is 1. The second-order valence-corrected chi connectivity index (χ2v) is 8.79. The molecular formula is C23H24ClN7O2. The highest BCUT2D eigenvalue weighted by Crippen LogP contribution is 2.39. The van der Waals surface area contributed by atoms with Crippen molar-refractivity contribution < 1.29 is 10.2 Å². The van der Waals surface area contributed by atoms with E-state index in [-0.39, 0.29) is 12.0 Å². The van der Waals surface area contributed by atoms with Crippen molar-refractivity contribution in [3.05, 3.63) is 65.8 Å². The zero-order chi connectivity index (χ0) is 22.9. The molecule has 1 aliphatic carbocycles. The van der Waals surface area contributed by atoms with E-state index in [0.717, 1.165) is 16.6 Å². The van der Waals surface area contributed by atoms with Crippen LogP contribution in [-0.2, 0) is 6.42 Å². The zero-order valence-electron chi connectivity index (χ0n) is 17.7. The lowest BCUT2D eigenvalue weighted by Gasteiger charge is -2.19. The summed E-state index contributed by atoms with van der Waals surface area (Å²) in [6.45, 7) is 0. The van der Waals surface area contributed by atoms with Crippen molar-refractivity contribution in [2.75, 3.05) is 11.1 Å². The van der Waals surface area contributed by atoms with Crippen LogP contribution in [0.5, 0.6) is 0 Å². The standard InChI is InChI=1S/C23H24ClN7O2/c24-15-3-5-16(6-4-15)30-23-26-10-13(11-27-23)1-2-14-9-18(20(33)19(14)32)31-8-7-17-21(25)28-12-29-22(17)31/h3-8,10-12,14,18-20,32-33H,1-2,9H2,(H2,25,28,29)(H,26,27,30)/t14-,18+,19+,20-/m0/s1. The van der Waals surface area contributed by atoms with Crippen LogP contribution in [0.4, 0.5) is 17.5 Å². The molecule has 1 aromatic carbocycles. The van der Waals surface area contributed by atoms with Crippen molar-refractivity contribution >= 4 is 40.1 Å². The molecule has 0 amide bonds. The number of nitrogens with zero attached hydrogens (tertiary/aromatic N) is 5. The fraction of sp³-hybridized carbons (Fsp3) is 0.304. The molecule has 5 rings (SSSR count). The monoisotopic (exact) mass is 465 g/mol. The van der Waals surface area contributed by atoms with Crippen LogP contribution in [0.25, 0.3) is 11.0 Å². The summed E-state index contributed by atoms with van der Waals surface area (Å²) in [6, 6.07) is 8.87. The third-order valence-corrected chi connectivity index (χ3v) is 6.53. The molecule has 3 heterocycles. The minimum Gasteiger partial charge on any atom is -0.390 e. The Balaban J connectivity index is 1.22. The summed E-state index contributed by atoms with van der Waals surface area (Å²) in [6.07, 6.45) is 7.14. The Morgan fingerprint density at radius 1 is 1.03 bits per heavy atom. The molecule has 3 aromatic heterocycles. The number of aromatic nitrogens is 5. The van der Waals surface area contributed by atoms with E-state index in [1.54, 1.807) is 24.5 Å². The van der Waals surface area contributed by atoms with Crippen LogP contribution in [0.2, 0.25) is 5.02 Å². The Kier molecular flexibility index (Phi) is 5.84. The molecule has 9 nitrogen and oxygen atoms in total. The number of anilines is 3. The number of rotatable bonds is 6. The summed E-state index contributed by atoms with van der Waals surface area (Å²) in [5, 5.41) is 26.0. The van der Waals surface area contributed by atoms with Gasteiger partial charge < -0.3 is 25.8 Å². The number of aliphatic hydroxyl groups is 2. The quantitative estimate of drug-likeness (QED) is 0.341. The third kappa shape index (κ3) is 4.35. The van der Waals surface area contributed by atoms with Crippen molar-refractivity contribution in [3.63, 3.8) is 0 Å². The molecule has 0 radical (unpaired) electrons. The molecule has 10 heteroatoms. The second-order valence-electron chi connectivity index (χ2n) is 8.35. The first-order valence-corrected chi connectivity index (χ1v) is 11.1. The summed E-state index contributed by atoms with van der Waals surface area (Å²) >= 11 is 5.91. The second kappa shape index (κ2) is 8.93. The molecule has 170 valence electrons. The van der Waals surface area contributed by atoms with Crippen LogP contribution in [0.3, 0.4) is 0 Å². The molecule has 0 saturated heterocycles. The van der Waals surface area contributed by atoms with E-state index in [0.29, 0.717) is 41.7 Å². The summed E-state index contributed by atoms with van der Waals surface area (Å²) in [4.78, 5) is 17.1. The number of nitrogens with two attached hydrogens (primary N) is 1. The van der Waals surface area contributed by atoms with E-state index in [9.17, 15) is 10.2 Å². The number of hydrogen-bond acceptors (Lipinski definition) is 8. The van der Waals surface area contributed by atoms with Gasteiger partial charge in [-0.3, -0.25) is 0 Å². The third-order valence-electron chi connectivity index (χ3n) is 6.28. The van der Waals surface area contributed by atoms with Crippen molar-refractivity contribution in [2.24, 2.45) is 5.92 Å². The molecule has 0 aliphatic heterocycles. The van der Waals surface area contributed by atoms with Crippen LogP contribution >= 0.6 is 11.6 Å². The Morgan fingerprint density at radius 2 is 1.79 bits per heavy atom. The Bertz CT molecular complexity index is 1250. The minimum absolute atomic E-state index is 0.0616. The van der Waals surface area contributed by atoms with Gasteiger partial charge in [-0.2, -0.15) is 0 Å². The number of aryl methyl sites for hydroxylation is 1. The van der Waals surface area contributed by atoms with Gasteiger partial charge in [0.25, 0.3) is 0 Å². The number of fused-ring (bicyclic) bond motifs is 1. The zero-order valence-corrected chi connectivity index (χ0v) is 18.5. The molecule has 0 bridgehead atoms.